The molecule has 1 aromatic rings. The lowest BCUT2D eigenvalue weighted by Crippen LogP contribution is -2.39. The van der Waals surface area contributed by atoms with Gasteiger partial charge in [-0.1, -0.05) is 31.5 Å². The summed E-state index contributed by atoms with van der Waals surface area (Å²) < 4.78 is 4.90. The molecule has 0 unspecified atom stereocenters. The van der Waals surface area contributed by atoms with Crippen LogP contribution >= 0.6 is 11.6 Å². The SMILES string of the molecule is CCOC(=O)CN(CC(C)C)C(=O)c1cccc(N)c1Cl. The van der Waals surface area contributed by atoms with Crippen LogP contribution in [0.3, 0.4) is 0 Å². The van der Waals surface area contributed by atoms with Gasteiger partial charge in [-0.15, -0.1) is 0 Å². The highest BCUT2D eigenvalue weighted by atomic mass is 35.5. The van der Waals surface area contributed by atoms with Gasteiger partial charge in [-0.05, 0) is 25.0 Å². The molecule has 0 heterocycles. The zero-order chi connectivity index (χ0) is 16.0. The van der Waals surface area contributed by atoms with Gasteiger partial charge in [0, 0.05) is 6.54 Å². The van der Waals surface area contributed by atoms with Crippen molar-refractivity contribution in [3.8, 4) is 0 Å². The van der Waals surface area contributed by atoms with Crippen molar-refractivity contribution in [1.29, 1.82) is 0 Å². The van der Waals surface area contributed by atoms with Crippen molar-refractivity contribution in [2.45, 2.75) is 20.8 Å². The number of rotatable bonds is 6. The summed E-state index contributed by atoms with van der Waals surface area (Å²) in [7, 11) is 0. The van der Waals surface area contributed by atoms with Gasteiger partial charge in [-0.2, -0.15) is 0 Å². The summed E-state index contributed by atoms with van der Waals surface area (Å²) in [4.78, 5) is 25.7. The Morgan fingerprint density at radius 3 is 2.62 bits per heavy atom. The van der Waals surface area contributed by atoms with Crippen LogP contribution in [0, 0.1) is 5.92 Å². The van der Waals surface area contributed by atoms with Crippen molar-refractivity contribution in [2.24, 2.45) is 5.92 Å². The fourth-order valence-electron chi connectivity index (χ4n) is 1.91. The Hall–Kier alpha value is -1.75. The highest BCUT2D eigenvalue weighted by Crippen LogP contribution is 2.24. The molecule has 5 nitrogen and oxygen atoms in total. The molecule has 0 spiro atoms. The van der Waals surface area contributed by atoms with Gasteiger partial charge in [-0.3, -0.25) is 9.59 Å². The van der Waals surface area contributed by atoms with Crippen LogP contribution in [0.4, 0.5) is 5.69 Å². The average Bonchev–Trinajstić information content (AvgIpc) is 2.40. The van der Waals surface area contributed by atoms with E-state index in [0.29, 0.717) is 17.8 Å². The number of carbonyl (C=O) groups excluding carboxylic acids is 2. The average molecular weight is 313 g/mol. The molecule has 0 saturated heterocycles. The minimum Gasteiger partial charge on any atom is -0.465 e. The van der Waals surface area contributed by atoms with Gasteiger partial charge in [-0.25, -0.2) is 0 Å². The Morgan fingerprint density at radius 1 is 1.38 bits per heavy atom. The van der Waals surface area contributed by atoms with E-state index in [0.717, 1.165) is 0 Å². The number of amides is 1. The van der Waals surface area contributed by atoms with Gasteiger partial charge in [0.15, 0.2) is 0 Å². The fraction of sp³-hybridized carbons (Fsp3) is 0.467. The molecule has 1 rings (SSSR count). The Morgan fingerprint density at radius 2 is 2.05 bits per heavy atom. The van der Waals surface area contributed by atoms with E-state index in [9.17, 15) is 9.59 Å². The maximum atomic E-state index is 12.6. The highest BCUT2D eigenvalue weighted by Gasteiger charge is 2.22. The molecule has 2 N–H and O–H groups in total. The van der Waals surface area contributed by atoms with Gasteiger partial charge in [0.05, 0.1) is 22.9 Å². The van der Waals surface area contributed by atoms with Crippen LogP contribution in [0.1, 0.15) is 31.1 Å². The van der Waals surface area contributed by atoms with Crippen LogP contribution in [0.25, 0.3) is 0 Å². The first-order valence-electron chi connectivity index (χ1n) is 6.85. The quantitative estimate of drug-likeness (QED) is 0.647. The Bertz CT molecular complexity index is 518. The van der Waals surface area contributed by atoms with Gasteiger partial charge in [0.2, 0.25) is 0 Å². The number of hydrogen-bond acceptors (Lipinski definition) is 4. The van der Waals surface area contributed by atoms with Crippen LogP contribution in [-0.4, -0.2) is 36.5 Å². The molecule has 0 aromatic heterocycles. The van der Waals surface area contributed by atoms with E-state index in [1.807, 2.05) is 13.8 Å². The van der Waals surface area contributed by atoms with Crippen LogP contribution in [0.5, 0.6) is 0 Å². The van der Waals surface area contributed by atoms with Crippen molar-refractivity contribution in [1.82, 2.24) is 4.90 Å². The molecule has 0 aliphatic heterocycles. The third-order valence-corrected chi connectivity index (χ3v) is 3.18. The molecule has 0 bridgehead atoms. The van der Waals surface area contributed by atoms with Crippen molar-refractivity contribution in [3.05, 3.63) is 28.8 Å². The van der Waals surface area contributed by atoms with Crippen LogP contribution in [-0.2, 0) is 9.53 Å². The number of ether oxygens (including phenoxy) is 1. The van der Waals surface area contributed by atoms with E-state index in [1.54, 1.807) is 25.1 Å². The topological polar surface area (TPSA) is 72.6 Å². The third kappa shape index (κ3) is 4.93. The smallest absolute Gasteiger partial charge is 0.325 e. The monoisotopic (exact) mass is 312 g/mol. The van der Waals surface area contributed by atoms with Crippen LogP contribution in [0.2, 0.25) is 5.02 Å². The molecule has 0 saturated carbocycles. The number of benzene rings is 1. The molecule has 0 fully saturated rings. The molecule has 6 heteroatoms. The van der Waals surface area contributed by atoms with Gasteiger partial charge in [0.25, 0.3) is 5.91 Å². The number of nitrogens with two attached hydrogens (primary N) is 1. The Kier molecular flexibility index (Phi) is 6.49. The van der Waals surface area contributed by atoms with Crippen molar-refractivity contribution >= 4 is 29.2 Å². The van der Waals surface area contributed by atoms with E-state index < -0.39 is 5.97 Å². The maximum Gasteiger partial charge on any atom is 0.325 e. The highest BCUT2D eigenvalue weighted by molar-refractivity contribution is 6.36. The van der Waals surface area contributed by atoms with E-state index in [4.69, 9.17) is 22.1 Å². The zero-order valence-electron chi connectivity index (χ0n) is 12.6. The maximum absolute atomic E-state index is 12.6. The number of esters is 1. The first-order chi connectivity index (χ1) is 9.86. The second kappa shape index (κ2) is 7.88. The normalized spacial score (nSPS) is 10.5. The van der Waals surface area contributed by atoms with Crippen LogP contribution in [0.15, 0.2) is 18.2 Å². The Balaban J connectivity index is 2.99. The summed E-state index contributed by atoms with van der Waals surface area (Å²) in [5.74, 6) is -0.552. The van der Waals surface area contributed by atoms with Crippen molar-refractivity contribution in [3.63, 3.8) is 0 Å². The molecule has 0 aliphatic rings. The second-order valence-corrected chi connectivity index (χ2v) is 5.47. The lowest BCUT2D eigenvalue weighted by Gasteiger charge is -2.24. The molecule has 0 radical (unpaired) electrons. The molecule has 1 amide bonds. The lowest BCUT2D eigenvalue weighted by atomic mass is 10.1. The zero-order valence-corrected chi connectivity index (χ0v) is 13.3. The van der Waals surface area contributed by atoms with Crippen molar-refractivity contribution < 1.29 is 14.3 Å². The number of halogens is 1. The minimum atomic E-state index is -0.438. The standard InChI is InChI=1S/C15H21ClN2O3/c1-4-21-13(19)9-18(8-10(2)3)15(20)11-6-5-7-12(17)14(11)16/h5-7,10H,4,8-9,17H2,1-3H3. The molecule has 1 aromatic carbocycles. The number of nitrogen functional groups attached to an aromatic ring is 1. The minimum absolute atomic E-state index is 0.101. The summed E-state index contributed by atoms with van der Waals surface area (Å²) in [5.41, 5.74) is 6.34. The summed E-state index contributed by atoms with van der Waals surface area (Å²) in [6.07, 6.45) is 0. The predicted octanol–water partition coefficient (Wildman–Crippen LogP) is 2.58. The number of carbonyl (C=O) groups is 2. The number of anilines is 1. The largest absolute Gasteiger partial charge is 0.465 e. The molecule has 21 heavy (non-hydrogen) atoms. The van der Waals surface area contributed by atoms with Crippen LogP contribution < -0.4 is 5.73 Å². The summed E-state index contributed by atoms with van der Waals surface area (Å²) in [6.45, 7) is 6.26. The van der Waals surface area contributed by atoms with E-state index in [-0.39, 0.29) is 30.0 Å². The summed E-state index contributed by atoms with van der Waals surface area (Å²) in [5, 5.41) is 0.208. The molecular weight excluding hydrogens is 292 g/mol. The second-order valence-electron chi connectivity index (χ2n) is 5.09. The van der Waals surface area contributed by atoms with Gasteiger partial charge in [0.1, 0.15) is 6.54 Å². The fourth-order valence-corrected chi connectivity index (χ4v) is 2.11. The first kappa shape index (κ1) is 17.3. The summed E-state index contributed by atoms with van der Waals surface area (Å²) in [6, 6.07) is 4.88. The predicted molar refractivity (Wildman–Crippen MR) is 83.2 cm³/mol. The first-order valence-corrected chi connectivity index (χ1v) is 7.23. The van der Waals surface area contributed by atoms with Gasteiger partial charge < -0.3 is 15.4 Å². The molecular formula is C15H21ClN2O3. The molecule has 116 valence electrons. The molecule has 0 aliphatic carbocycles. The van der Waals surface area contributed by atoms with Crippen molar-refractivity contribution in [2.75, 3.05) is 25.4 Å². The van der Waals surface area contributed by atoms with E-state index >= 15 is 0 Å². The molecule has 0 atom stereocenters. The lowest BCUT2D eigenvalue weighted by molar-refractivity contribution is -0.143. The van der Waals surface area contributed by atoms with E-state index in [2.05, 4.69) is 0 Å². The number of nitrogens with zero attached hydrogens (tertiary/aromatic N) is 1. The summed E-state index contributed by atoms with van der Waals surface area (Å²) >= 11 is 6.08. The Labute approximate surface area is 130 Å². The van der Waals surface area contributed by atoms with E-state index in [1.165, 1.54) is 4.90 Å². The van der Waals surface area contributed by atoms with Gasteiger partial charge >= 0.3 is 5.97 Å². The number of hydrogen-bond donors (Lipinski definition) is 1. The third-order valence-electron chi connectivity index (χ3n) is 2.76.